The molecule has 0 saturated carbocycles. The fourth-order valence-corrected chi connectivity index (χ4v) is 9.05. The Hall–Kier alpha value is -0.870. The molecule has 0 aromatic rings. The van der Waals surface area contributed by atoms with Crippen LogP contribution < -0.4 is 26.6 Å². The van der Waals surface area contributed by atoms with Crippen LogP contribution in [0.5, 0.6) is 0 Å². The van der Waals surface area contributed by atoms with Gasteiger partial charge < -0.3 is 25.4 Å². The average molecular weight is 627 g/mol. The van der Waals surface area contributed by atoms with Gasteiger partial charge in [0.25, 0.3) is 0 Å². The predicted molar refractivity (Wildman–Crippen MR) is 149 cm³/mol. The summed E-state index contributed by atoms with van der Waals surface area (Å²) in [5.41, 5.74) is -0.318. The second-order valence-electron chi connectivity index (χ2n) is 12.4. The van der Waals surface area contributed by atoms with Crippen molar-refractivity contribution in [1.29, 1.82) is 0 Å². The number of fused-ring (bicyclic) bond motifs is 1. The molecule has 0 aromatic carbocycles. The van der Waals surface area contributed by atoms with Gasteiger partial charge in [-0.2, -0.15) is 13.2 Å². The third kappa shape index (κ3) is 6.79. The van der Waals surface area contributed by atoms with Crippen molar-refractivity contribution in [3.63, 3.8) is 0 Å². The number of halogens is 4. The van der Waals surface area contributed by atoms with Crippen LogP contribution in [0.4, 0.5) is 13.2 Å². The number of alkyl halides is 4. The standard InChI is InChI=1S/C26H42ClF3N6O4S/c1-11-4-17(26(28,29)30)23(40-3)34-20(11)24(39)36-9-18-19(10-36)41-25(33-18)35-22(38)16-8-31-12(2)5-14(16)15-6-13(27)7-32-21(15)37/h11-21,23,25,31-34,37H,4-10H2,1-3H3,(H,35,38). The van der Waals surface area contributed by atoms with Crippen LogP contribution in [0.15, 0.2) is 0 Å². The van der Waals surface area contributed by atoms with Crippen molar-refractivity contribution in [2.75, 3.05) is 33.3 Å². The van der Waals surface area contributed by atoms with Crippen molar-refractivity contribution in [1.82, 2.24) is 31.5 Å². The topological polar surface area (TPSA) is 127 Å². The van der Waals surface area contributed by atoms with Gasteiger partial charge in [0.1, 0.15) is 18.0 Å². The number of rotatable bonds is 5. The molecule has 6 N–H and O–H groups in total. The number of nitrogens with zero attached hydrogens (tertiary/aromatic N) is 1. The quantitative estimate of drug-likeness (QED) is 0.243. The summed E-state index contributed by atoms with van der Waals surface area (Å²) in [6, 6.07) is -0.571. The normalized spacial score (nSPS) is 45.4. The molecule has 41 heavy (non-hydrogen) atoms. The van der Waals surface area contributed by atoms with Crippen LogP contribution in [-0.4, -0.2) is 108 Å². The number of nitrogens with one attached hydrogen (secondary N) is 5. The lowest BCUT2D eigenvalue weighted by Gasteiger charge is -2.44. The van der Waals surface area contributed by atoms with Crippen LogP contribution in [0.2, 0.25) is 0 Å². The summed E-state index contributed by atoms with van der Waals surface area (Å²) in [7, 11) is 1.22. The van der Waals surface area contributed by atoms with E-state index in [4.69, 9.17) is 16.3 Å². The number of methoxy groups -OCH3 is 1. The summed E-state index contributed by atoms with van der Waals surface area (Å²) >= 11 is 7.95. The number of piperidine rings is 3. The molecular weight excluding hydrogens is 585 g/mol. The first kappa shape index (κ1) is 31.6. The van der Waals surface area contributed by atoms with E-state index in [-0.39, 0.29) is 64.2 Å². The van der Waals surface area contributed by atoms with Gasteiger partial charge in [-0.15, -0.1) is 23.4 Å². The Morgan fingerprint density at radius 1 is 1.07 bits per heavy atom. The summed E-state index contributed by atoms with van der Waals surface area (Å²) in [6.45, 7) is 5.66. The van der Waals surface area contributed by atoms with E-state index in [2.05, 4.69) is 33.5 Å². The van der Waals surface area contributed by atoms with Gasteiger partial charge in [0.05, 0.1) is 17.9 Å². The number of aliphatic hydroxyl groups is 1. The van der Waals surface area contributed by atoms with Gasteiger partial charge in [-0.3, -0.25) is 25.5 Å². The van der Waals surface area contributed by atoms with Crippen molar-refractivity contribution in [2.45, 2.75) is 86.0 Å². The molecule has 5 heterocycles. The number of thioether (sulfide) groups is 1. The maximum absolute atomic E-state index is 13.5. The molecule has 13 atom stereocenters. The molecule has 5 aliphatic rings. The zero-order valence-corrected chi connectivity index (χ0v) is 25.1. The largest absolute Gasteiger partial charge is 0.395 e. The lowest BCUT2D eigenvalue weighted by molar-refractivity contribution is -0.224. The van der Waals surface area contributed by atoms with E-state index in [0.29, 0.717) is 32.6 Å². The number of hydrogen-bond acceptors (Lipinski definition) is 9. The number of ether oxygens (including phenoxy) is 1. The van der Waals surface area contributed by atoms with Gasteiger partial charge in [-0.25, -0.2) is 0 Å². The van der Waals surface area contributed by atoms with Crippen molar-refractivity contribution < 1.29 is 32.6 Å². The smallest absolute Gasteiger partial charge is 0.378 e. The number of likely N-dealkylation sites (tertiary alicyclic amines) is 1. The lowest BCUT2D eigenvalue weighted by Crippen LogP contribution is -2.61. The molecule has 0 aromatic heterocycles. The SMILES string of the molecule is COC1NC(C(=O)N2CC3NC(NC(=O)C4CNC(C)CC4C4CC(Cl)CNC4O)SC3C2)C(C)CC1C(F)(F)F. The highest BCUT2D eigenvalue weighted by Crippen LogP contribution is 2.40. The van der Waals surface area contributed by atoms with E-state index in [1.807, 2.05) is 0 Å². The van der Waals surface area contributed by atoms with Gasteiger partial charge in [0, 0.05) is 61.9 Å². The molecule has 10 nitrogen and oxygen atoms in total. The highest BCUT2D eigenvalue weighted by molar-refractivity contribution is 8.00. The van der Waals surface area contributed by atoms with Crippen LogP contribution in [0.25, 0.3) is 0 Å². The Balaban J connectivity index is 1.15. The Kier molecular flexibility index (Phi) is 9.72. The first-order chi connectivity index (χ1) is 19.3. The third-order valence-electron chi connectivity index (χ3n) is 9.57. The number of amides is 2. The molecule has 5 fully saturated rings. The highest BCUT2D eigenvalue weighted by Gasteiger charge is 2.53. The van der Waals surface area contributed by atoms with Crippen LogP contribution in [-0.2, 0) is 14.3 Å². The molecule has 13 unspecified atom stereocenters. The predicted octanol–water partition coefficient (Wildman–Crippen LogP) is 0.601. The zero-order chi connectivity index (χ0) is 29.6. The van der Waals surface area contributed by atoms with Gasteiger partial charge in [0.15, 0.2) is 0 Å². The summed E-state index contributed by atoms with van der Waals surface area (Å²) in [5, 5.41) is 26.4. The molecule has 2 amide bonds. The third-order valence-corrected chi connectivity index (χ3v) is 11.3. The molecule has 0 aliphatic carbocycles. The van der Waals surface area contributed by atoms with Gasteiger partial charge in [-0.05, 0) is 38.0 Å². The van der Waals surface area contributed by atoms with E-state index in [9.17, 15) is 27.9 Å². The monoisotopic (exact) mass is 626 g/mol. The molecule has 234 valence electrons. The molecule has 5 aliphatic heterocycles. The van der Waals surface area contributed by atoms with E-state index in [1.165, 1.54) is 7.11 Å². The molecule has 0 bridgehead atoms. The number of carbonyl (C=O) groups is 2. The molecule has 0 spiro atoms. The van der Waals surface area contributed by atoms with Crippen LogP contribution in [0, 0.1) is 29.6 Å². The van der Waals surface area contributed by atoms with Crippen molar-refractivity contribution in [3.05, 3.63) is 0 Å². The molecule has 5 saturated heterocycles. The van der Waals surface area contributed by atoms with Gasteiger partial charge >= 0.3 is 6.18 Å². The first-order valence-corrected chi connectivity index (χ1v) is 15.9. The minimum atomic E-state index is -4.41. The Morgan fingerprint density at radius 3 is 2.51 bits per heavy atom. The first-order valence-electron chi connectivity index (χ1n) is 14.5. The summed E-state index contributed by atoms with van der Waals surface area (Å²) in [4.78, 5) is 28.6. The second kappa shape index (κ2) is 12.6. The number of aliphatic hydroxyl groups excluding tert-OH is 1. The van der Waals surface area contributed by atoms with Crippen molar-refractivity contribution >= 4 is 35.2 Å². The van der Waals surface area contributed by atoms with E-state index in [1.54, 1.807) is 23.6 Å². The summed E-state index contributed by atoms with van der Waals surface area (Å²) < 4.78 is 45.5. The maximum Gasteiger partial charge on any atom is 0.395 e. The van der Waals surface area contributed by atoms with Crippen molar-refractivity contribution in [2.24, 2.45) is 29.6 Å². The minimum Gasteiger partial charge on any atom is -0.378 e. The fourth-order valence-electron chi connectivity index (χ4n) is 7.35. The Labute approximate surface area is 247 Å². The number of hydrogen-bond donors (Lipinski definition) is 6. The minimum absolute atomic E-state index is 0.0211. The van der Waals surface area contributed by atoms with Gasteiger partial charge in [0.2, 0.25) is 11.8 Å². The summed E-state index contributed by atoms with van der Waals surface area (Å²) in [5.74, 6) is -2.92. The molecule has 15 heteroatoms. The fraction of sp³-hybridized carbons (Fsp3) is 0.923. The van der Waals surface area contributed by atoms with E-state index < -0.39 is 36.5 Å². The molecule has 0 radical (unpaired) electrons. The van der Waals surface area contributed by atoms with E-state index >= 15 is 0 Å². The Morgan fingerprint density at radius 2 is 1.83 bits per heavy atom. The molecule has 5 rings (SSSR count). The highest BCUT2D eigenvalue weighted by atomic mass is 35.5. The molecular formula is C26H42ClF3N6O4S. The zero-order valence-electron chi connectivity index (χ0n) is 23.5. The van der Waals surface area contributed by atoms with E-state index in [0.717, 1.165) is 6.42 Å². The Bertz CT molecular complexity index is 957. The van der Waals surface area contributed by atoms with Gasteiger partial charge in [-0.1, -0.05) is 6.92 Å². The van der Waals surface area contributed by atoms with Crippen LogP contribution >= 0.6 is 23.4 Å². The summed E-state index contributed by atoms with van der Waals surface area (Å²) in [6.07, 6.45) is -5.14. The van der Waals surface area contributed by atoms with Crippen molar-refractivity contribution in [3.8, 4) is 0 Å². The average Bonchev–Trinajstić information content (AvgIpc) is 3.47. The maximum atomic E-state index is 13.5. The van der Waals surface area contributed by atoms with Crippen LogP contribution in [0.3, 0.4) is 0 Å². The van der Waals surface area contributed by atoms with Crippen LogP contribution in [0.1, 0.15) is 33.1 Å². The lowest BCUT2D eigenvalue weighted by atomic mass is 9.71. The second-order valence-corrected chi connectivity index (χ2v) is 14.4. The number of carbonyl (C=O) groups excluding carboxylic acids is 2.